The molecule has 0 radical (unpaired) electrons. The molecule has 4 aromatic rings. The molecular formula is C22H21MoN3O6-6. The molecule has 32 heavy (non-hydrogen) atoms. The van der Waals surface area contributed by atoms with Crippen LogP contribution in [0.5, 0.6) is 11.5 Å². The fourth-order valence-electron chi connectivity index (χ4n) is 2.65. The molecule has 0 amide bonds. The normalized spacial score (nSPS) is 8.75. The Kier molecular flexibility index (Phi) is 15.3. The number of benzene rings is 3. The largest absolute Gasteiger partial charge is 2.00 e. The summed E-state index contributed by atoms with van der Waals surface area (Å²) < 4.78 is 1.60. The molecule has 0 saturated carbocycles. The smallest absolute Gasteiger partial charge is 0.181 e. The number of aliphatic hydroxyl groups is 2. The summed E-state index contributed by atoms with van der Waals surface area (Å²) in [5, 5.41) is 42.9. The van der Waals surface area contributed by atoms with Crippen molar-refractivity contribution in [2.75, 3.05) is 14.2 Å². The van der Waals surface area contributed by atoms with Crippen LogP contribution in [0.25, 0.3) is 28.5 Å². The van der Waals surface area contributed by atoms with Crippen LogP contribution in [-0.2, 0) is 32.0 Å². The number of rotatable bonds is 3. The van der Waals surface area contributed by atoms with Crippen LogP contribution in [-0.4, -0.2) is 39.2 Å². The summed E-state index contributed by atoms with van der Waals surface area (Å²) >= 11 is 0. The maximum absolute atomic E-state index is 12.3. The van der Waals surface area contributed by atoms with E-state index in [0.29, 0.717) is 22.8 Å². The van der Waals surface area contributed by atoms with Gasteiger partial charge in [0.1, 0.15) is 0 Å². The van der Waals surface area contributed by atoms with Gasteiger partial charge in [-0.3, -0.25) is 0 Å². The molecule has 1 heterocycles. The van der Waals surface area contributed by atoms with Crippen molar-refractivity contribution in [1.29, 1.82) is 0 Å². The second-order valence-electron chi connectivity index (χ2n) is 5.50. The summed E-state index contributed by atoms with van der Waals surface area (Å²) in [6.07, 6.45) is 0. The Balaban J connectivity index is 0. The zero-order valence-electron chi connectivity index (χ0n) is 17.3. The van der Waals surface area contributed by atoms with Gasteiger partial charge in [-0.15, -0.1) is 5.10 Å². The molecule has 172 valence electrons. The molecule has 0 aliphatic carbocycles. The number of para-hydroxylation sites is 3. The van der Waals surface area contributed by atoms with E-state index < -0.39 is 0 Å². The zero-order valence-corrected chi connectivity index (χ0v) is 19.3. The second-order valence-corrected chi connectivity index (χ2v) is 5.50. The van der Waals surface area contributed by atoms with Crippen molar-refractivity contribution < 1.29 is 52.4 Å². The van der Waals surface area contributed by atoms with E-state index in [1.54, 1.807) is 41.1 Å². The van der Waals surface area contributed by atoms with Crippen LogP contribution in [0.2, 0.25) is 0 Å². The molecule has 9 nitrogen and oxygen atoms in total. The molecule has 0 atom stereocenters. The monoisotopic (exact) mass is 521 g/mol. The molecule has 0 spiro atoms. The van der Waals surface area contributed by atoms with Crippen LogP contribution in [0.4, 0.5) is 0 Å². The summed E-state index contributed by atoms with van der Waals surface area (Å²) in [6, 6.07) is 22.7. The third-order valence-corrected chi connectivity index (χ3v) is 3.86. The average molecular weight is 519 g/mol. The van der Waals surface area contributed by atoms with E-state index in [-0.39, 0.29) is 43.5 Å². The van der Waals surface area contributed by atoms with E-state index in [4.69, 9.17) is 10.2 Å². The van der Waals surface area contributed by atoms with Crippen molar-refractivity contribution in [3.63, 3.8) is 0 Å². The molecule has 0 fully saturated rings. The Labute approximate surface area is 200 Å². The van der Waals surface area contributed by atoms with Gasteiger partial charge >= 0.3 is 0 Å². The molecule has 0 bridgehead atoms. The Morgan fingerprint density at radius 2 is 1.09 bits per heavy atom. The molecule has 0 aliphatic heterocycles. The Morgan fingerprint density at radius 3 is 1.59 bits per heavy atom. The minimum atomic E-state index is -0.158. The van der Waals surface area contributed by atoms with Gasteiger partial charge in [0.25, 0.3) is 0 Å². The first-order chi connectivity index (χ1) is 14.2. The molecular weight excluding hydrogens is 498 g/mol. The van der Waals surface area contributed by atoms with Gasteiger partial charge in [-0.25, -0.2) is 9.67 Å². The van der Waals surface area contributed by atoms with Crippen molar-refractivity contribution in [1.82, 2.24) is 14.8 Å². The van der Waals surface area contributed by atoms with Crippen molar-refractivity contribution in [3.05, 3.63) is 78.9 Å². The third kappa shape index (κ3) is 6.98. The second kappa shape index (κ2) is 15.7. The van der Waals surface area contributed by atoms with Crippen LogP contribution in [0.1, 0.15) is 0 Å². The first-order valence-electron chi connectivity index (χ1n) is 8.69. The van der Waals surface area contributed by atoms with Gasteiger partial charge in [-0.2, -0.15) is 0 Å². The van der Waals surface area contributed by atoms with Gasteiger partial charge in [0.2, 0.25) is 0 Å². The van der Waals surface area contributed by atoms with E-state index in [0.717, 1.165) is 19.9 Å². The van der Waals surface area contributed by atoms with Crippen LogP contribution in [0.15, 0.2) is 78.9 Å². The summed E-state index contributed by atoms with van der Waals surface area (Å²) in [7, 11) is 2.00. The fourth-order valence-corrected chi connectivity index (χ4v) is 2.65. The average Bonchev–Trinajstić information content (AvgIpc) is 3.23. The maximum Gasteiger partial charge on any atom is 0.181 e. The van der Waals surface area contributed by atoms with Gasteiger partial charge in [0, 0.05) is 46.4 Å². The van der Waals surface area contributed by atoms with Crippen LogP contribution in [0, 0.1) is 0 Å². The Hall–Kier alpha value is -3.07. The van der Waals surface area contributed by atoms with Crippen molar-refractivity contribution in [2.24, 2.45) is 0 Å². The van der Waals surface area contributed by atoms with E-state index in [1.165, 1.54) is 12.1 Å². The first kappa shape index (κ1) is 31.1. The minimum Gasteiger partial charge on any atom is -2.00 e. The maximum atomic E-state index is 12.3. The fraction of sp³-hybridized carbons (Fsp3) is 0.0909. The number of hydrogen-bond donors (Lipinski definition) is 2. The first-order valence-corrected chi connectivity index (χ1v) is 8.69. The predicted molar refractivity (Wildman–Crippen MR) is 109 cm³/mol. The molecule has 2 N–H and O–H groups in total. The molecule has 4 rings (SSSR count). The number of nitrogens with zero attached hydrogens (tertiary/aromatic N) is 3. The predicted octanol–water partition coefficient (Wildman–Crippen LogP) is 1.73. The number of aromatic nitrogens is 3. The van der Waals surface area contributed by atoms with Gasteiger partial charge in [0.15, 0.2) is 11.6 Å². The van der Waals surface area contributed by atoms with Gasteiger partial charge < -0.3 is 31.4 Å². The molecule has 3 aromatic carbocycles. The van der Waals surface area contributed by atoms with E-state index in [9.17, 15) is 10.2 Å². The third-order valence-electron chi connectivity index (χ3n) is 3.86. The summed E-state index contributed by atoms with van der Waals surface area (Å²) in [5.74, 6) is 0.409. The van der Waals surface area contributed by atoms with E-state index in [1.807, 2.05) is 30.3 Å². The van der Waals surface area contributed by atoms with Crippen LogP contribution >= 0.6 is 0 Å². The van der Waals surface area contributed by atoms with E-state index in [2.05, 4.69) is 10.1 Å². The topological polar surface area (TPSA) is 174 Å². The van der Waals surface area contributed by atoms with Gasteiger partial charge in [-0.05, 0) is 12.1 Å². The molecule has 1 aromatic heterocycles. The Morgan fingerprint density at radius 1 is 0.656 bits per heavy atom. The SMILES string of the molecule is CO.CO.[Mo].[O-2].[O-2].[O-]c1ccccc1-c1nc(-c2ccccc2[O-])n(-c2ccccc2)n1. The van der Waals surface area contributed by atoms with Crippen LogP contribution in [0.3, 0.4) is 0 Å². The van der Waals surface area contributed by atoms with Gasteiger partial charge in [0.05, 0.1) is 5.69 Å². The van der Waals surface area contributed by atoms with E-state index >= 15 is 0 Å². The van der Waals surface area contributed by atoms with Crippen molar-refractivity contribution in [3.8, 4) is 40.0 Å². The van der Waals surface area contributed by atoms with Crippen molar-refractivity contribution >= 4 is 0 Å². The summed E-state index contributed by atoms with van der Waals surface area (Å²) in [5.41, 5.74) is 1.61. The molecule has 10 heteroatoms. The zero-order chi connectivity index (χ0) is 21.2. The minimum absolute atomic E-state index is 0. The summed E-state index contributed by atoms with van der Waals surface area (Å²) in [6.45, 7) is 0. The van der Waals surface area contributed by atoms with Crippen LogP contribution < -0.4 is 10.2 Å². The van der Waals surface area contributed by atoms with Gasteiger partial charge in [-0.1, -0.05) is 78.2 Å². The number of aliphatic hydroxyl groups excluding tert-OH is 2. The van der Waals surface area contributed by atoms with Crippen molar-refractivity contribution in [2.45, 2.75) is 0 Å². The molecule has 0 aliphatic rings. The Bertz CT molecular complexity index is 1040. The standard InChI is InChI=1S/C20H15N3O2.2CH4O.Mo.2O/c24-17-12-6-4-10-15(17)19-21-20(16-11-5-7-13-18(16)25)23(22-19)14-8-2-1-3-9-14;2*1-2;;;/h1-13,24-25H;2*2H,1H3;;;/q;;;;2*-2/p-2. The molecule has 0 unspecified atom stereocenters. The number of hydrogen-bond acceptors (Lipinski definition) is 6. The molecule has 0 saturated heterocycles. The summed E-state index contributed by atoms with van der Waals surface area (Å²) in [4.78, 5) is 4.50. The quantitative estimate of drug-likeness (QED) is 0.390.